The first kappa shape index (κ1) is 24.7. The van der Waals surface area contributed by atoms with Crippen molar-refractivity contribution in [2.45, 2.75) is 45.9 Å². The molecule has 2 heterocycles. The molecule has 1 aromatic carbocycles. The van der Waals surface area contributed by atoms with Crippen LogP contribution in [0.15, 0.2) is 43.0 Å². The van der Waals surface area contributed by atoms with Crippen molar-refractivity contribution in [1.29, 1.82) is 0 Å². The minimum Gasteiger partial charge on any atom is -0.458 e. The molecule has 0 aliphatic carbocycles. The third kappa shape index (κ3) is 5.91. The summed E-state index contributed by atoms with van der Waals surface area (Å²) in [6.07, 6.45) is 1.53. The second-order valence-corrected chi connectivity index (χ2v) is 8.30. The lowest BCUT2D eigenvalue weighted by Gasteiger charge is -2.28. The monoisotopic (exact) mass is 469 g/mol. The van der Waals surface area contributed by atoms with E-state index < -0.39 is 29.6 Å². The minimum atomic E-state index is -1.50. The Morgan fingerprint density at radius 1 is 1.15 bits per heavy atom. The van der Waals surface area contributed by atoms with Crippen LogP contribution < -0.4 is 11.2 Å². The van der Waals surface area contributed by atoms with Crippen LogP contribution in [-0.2, 0) is 20.9 Å². The maximum Gasteiger partial charge on any atom is 0.413 e. The quantitative estimate of drug-likeness (QED) is 0.227. The summed E-state index contributed by atoms with van der Waals surface area (Å²) in [4.78, 5) is 51.0. The number of hydrogen-bond acceptors (Lipinski definition) is 10. The van der Waals surface area contributed by atoms with Crippen molar-refractivity contribution in [3.05, 3.63) is 48.5 Å². The Balaban J connectivity index is 1.92. The van der Waals surface area contributed by atoms with E-state index in [0.29, 0.717) is 0 Å². The van der Waals surface area contributed by atoms with Gasteiger partial charge in [0.15, 0.2) is 17.3 Å². The summed E-state index contributed by atoms with van der Waals surface area (Å²) < 4.78 is 11.6. The van der Waals surface area contributed by atoms with Crippen molar-refractivity contribution in [2.24, 2.45) is 5.84 Å². The smallest absolute Gasteiger partial charge is 0.413 e. The van der Waals surface area contributed by atoms with Crippen molar-refractivity contribution in [3.8, 4) is 11.5 Å². The molecule has 2 aliphatic rings. The van der Waals surface area contributed by atoms with Gasteiger partial charge >= 0.3 is 12.1 Å². The van der Waals surface area contributed by atoms with Crippen LogP contribution in [0.25, 0.3) is 11.5 Å². The second-order valence-electron chi connectivity index (χ2n) is 8.30. The molecule has 0 aromatic heterocycles. The molecule has 0 spiro atoms. The van der Waals surface area contributed by atoms with Gasteiger partial charge in [0.05, 0.1) is 0 Å². The molecule has 1 amide bonds. The second kappa shape index (κ2) is 10.4. The van der Waals surface area contributed by atoms with Crippen molar-refractivity contribution < 1.29 is 23.9 Å². The molecule has 1 aromatic rings. The summed E-state index contributed by atoms with van der Waals surface area (Å²) in [7, 11) is 0. The van der Waals surface area contributed by atoms with Crippen LogP contribution in [-0.4, -0.2) is 60.7 Å². The standard InChI is InChI=1S/C22H27N7O5/c1-5-29(23)16(20(31)34-22(2,3)4)19(30)28-13-26-17-15(24-12-25-17)18(28)27-21(32)33-11-14-9-7-6-8-10-14/h6-10,12-13,16H,5,11,23H2,1-4H3,(H,27,32). The molecule has 180 valence electrons. The highest BCUT2D eigenvalue weighted by Crippen LogP contribution is 2.25. The van der Waals surface area contributed by atoms with Gasteiger partial charge in [0.1, 0.15) is 24.9 Å². The summed E-state index contributed by atoms with van der Waals surface area (Å²) in [6.45, 7) is 6.89. The Labute approximate surface area is 196 Å². The fourth-order valence-electron chi connectivity index (χ4n) is 3.00. The number of carbonyl (C=O) groups excluding carboxylic acids is 3. The van der Waals surface area contributed by atoms with Crippen LogP contribution >= 0.6 is 0 Å². The molecular weight excluding hydrogens is 442 g/mol. The van der Waals surface area contributed by atoms with E-state index in [-0.39, 0.29) is 30.5 Å². The van der Waals surface area contributed by atoms with Gasteiger partial charge in [-0.2, -0.15) is 0 Å². The molecule has 1 atom stereocenters. The molecule has 3 N–H and O–H groups in total. The highest BCUT2D eigenvalue weighted by molar-refractivity contribution is 6.05. The zero-order valence-electron chi connectivity index (χ0n) is 19.4. The first-order valence-corrected chi connectivity index (χ1v) is 10.5. The molecule has 0 saturated heterocycles. The molecule has 0 bridgehead atoms. The van der Waals surface area contributed by atoms with Crippen LogP contribution in [0.3, 0.4) is 0 Å². The number of hydrazine groups is 1. The predicted octanol–water partition coefficient (Wildman–Crippen LogP) is 2.07. The SMILES string of the molecule is CCN(N)C(C(=O)OC(C)(C)C)C(=O)n1cnc2ncnc-2c1NC(=O)OCc1ccccc1. The maximum absolute atomic E-state index is 13.5. The van der Waals surface area contributed by atoms with Gasteiger partial charge in [-0.1, -0.05) is 37.3 Å². The van der Waals surface area contributed by atoms with Gasteiger partial charge in [0, 0.05) is 6.54 Å². The number of esters is 1. The number of nitrogens with one attached hydrogen (secondary N) is 1. The number of ether oxygens (including phenoxy) is 2. The third-order valence-electron chi connectivity index (χ3n) is 4.57. The Hall–Kier alpha value is -3.90. The lowest BCUT2D eigenvalue weighted by molar-refractivity contribution is -0.159. The highest BCUT2D eigenvalue weighted by atomic mass is 16.6. The summed E-state index contributed by atoms with van der Waals surface area (Å²) in [5.41, 5.74) is 0.0631. The Kier molecular flexibility index (Phi) is 7.54. The molecule has 2 aliphatic heterocycles. The van der Waals surface area contributed by atoms with Crippen molar-refractivity contribution in [1.82, 2.24) is 24.5 Å². The number of hydrogen-bond donors (Lipinski definition) is 2. The molecule has 0 saturated carbocycles. The number of anilines is 1. The molecule has 0 radical (unpaired) electrons. The van der Waals surface area contributed by atoms with Gasteiger partial charge < -0.3 is 9.47 Å². The van der Waals surface area contributed by atoms with Crippen molar-refractivity contribution in [2.75, 3.05) is 11.9 Å². The maximum atomic E-state index is 13.5. The number of likely N-dealkylation sites (N-methyl/N-ethyl adjacent to an activating group) is 1. The van der Waals surface area contributed by atoms with Crippen LogP contribution in [0.1, 0.15) is 38.1 Å². The zero-order chi connectivity index (χ0) is 24.9. The number of benzene rings is 1. The van der Waals surface area contributed by atoms with Gasteiger partial charge in [-0.25, -0.2) is 29.5 Å². The van der Waals surface area contributed by atoms with E-state index in [1.54, 1.807) is 39.8 Å². The number of imidazole rings is 1. The van der Waals surface area contributed by atoms with E-state index in [2.05, 4.69) is 20.3 Å². The fourth-order valence-corrected chi connectivity index (χ4v) is 3.00. The van der Waals surface area contributed by atoms with Crippen LogP contribution in [0, 0.1) is 0 Å². The molecule has 34 heavy (non-hydrogen) atoms. The number of nitrogens with zero attached hydrogens (tertiary/aromatic N) is 5. The Morgan fingerprint density at radius 3 is 2.50 bits per heavy atom. The number of rotatable bonds is 7. The van der Waals surface area contributed by atoms with Crippen molar-refractivity contribution >= 4 is 23.8 Å². The normalized spacial score (nSPS) is 12.4. The Morgan fingerprint density at radius 2 is 1.85 bits per heavy atom. The zero-order valence-corrected chi connectivity index (χ0v) is 19.4. The first-order valence-electron chi connectivity index (χ1n) is 10.5. The van der Waals surface area contributed by atoms with Gasteiger partial charge in [0.25, 0.3) is 5.91 Å². The Bertz CT molecular complexity index is 1130. The summed E-state index contributed by atoms with van der Waals surface area (Å²) in [5, 5.41) is 3.56. The first-order chi connectivity index (χ1) is 16.1. The lowest BCUT2D eigenvalue weighted by Crippen LogP contribution is -2.54. The van der Waals surface area contributed by atoms with Gasteiger partial charge in [-0.15, -0.1) is 0 Å². The topological polar surface area (TPSA) is 155 Å². The number of aromatic nitrogens is 4. The summed E-state index contributed by atoms with van der Waals surface area (Å²) >= 11 is 0. The van der Waals surface area contributed by atoms with E-state index in [9.17, 15) is 14.4 Å². The molecule has 1 unspecified atom stereocenters. The highest BCUT2D eigenvalue weighted by Gasteiger charge is 2.37. The van der Waals surface area contributed by atoms with Gasteiger partial charge in [-0.05, 0) is 26.3 Å². The molecule has 0 fully saturated rings. The largest absolute Gasteiger partial charge is 0.458 e. The lowest BCUT2D eigenvalue weighted by atomic mass is 10.1. The van der Waals surface area contributed by atoms with E-state index in [0.717, 1.165) is 21.5 Å². The van der Waals surface area contributed by atoms with E-state index in [4.69, 9.17) is 15.3 Å². The number of fused-ring (bicyclic) bond motifs is 1. The number of amides is 1. The van der Waals surface area contributed by atoms with E-state index in [1.807, 2.05) is 18.2 Å². The van der Waals surface area contributed by atoms with Crippen LogP contribution in [0.4, 0.5) is 10.6 Å². The molecule has 12 nitrogen and oxygen atoms in total. The van der Waals surface area contributed by atoms with Gasteiger partial charge in [-0.3, -0.25) is 20.5 Å². The molecule has 12 heteroatoms. The van der Waals surface area contributed by atoms with E-state index in [1.165, 1.54) is 6.33 Å². The van der Waals surface area contributed by atoms with Crippen molar-refractivity contribution in [3.63, 3.8) is 0 Å². The number of nitrogens with two attached hydrogens (primary N) is 1. The van der Waals surface area contributed by atoms with Crippen LogP contribution in [0.5, 0.6) is 0 Å². The summed E-state index contributed by atoms with van der Waals surface area (Å²) in [6, 6.07) is 7.58. The molecular formula is C22H27N7O5. The average molecular weight is 470 g/mol. The minimum absolute atomic E-state index is 0.00842. The van der Waals surface area contributed by atoms with Crippen LogP contribution in [0.2, 0.25) is 0 Å². The third-order valence-corrected chi connectivity index (χ3v) is 4.57. The van der Waals surface area contributed by atoms with Gasteiger partial charge in [0.2, 0.25) is 6.04 Å². The summed E-state index contributed by atoms with van der Waals surface area (Å²) in [5.74, 6) is 4.45. The fraction of sp³-hybridized carbons (Fsp3) is 0.364. The predicted molar refractivity (Wildman–Crippen MR) is 122 cm³/mol. The van der Waals surface area contributed by atoms with E-state index >= 15 is 0 Å². The average Bonchev–Trinajstić information content (AvgIpc) is 3.26. The molecule has 3 rings (SSSR count). The number of carbonyl (C=O) groups is 3.